The highest BCUT2D eigenvalue weighted by molar-refractivity contribution is 6.10. The van der Waals surface area contributed by atoms with Crippen LogP contribution >= 0.6 is 0 Å². The number of rotatable bonds is 10. The van der Waals surface area contributed by atoms with Crippen molar-refractivity contribution in [1.82, 2.24) is 34.6 Å². The summed E-state index contributed by atoms with van der Waals surface area (Å²) >= 11 is 0. The largest absolute Gasteiger partial charge is 0.371 e. The van der Waals surface area contributed by atoms with Gasteiger partial charge in [0.2, 0.25) is 29.5 Å². The molecule has 15 nitrogen and oxygen atoms in total. The number of nitrogens with zero attached hydrogens (tertiary/aromatic N) is 8. The number of benzene rings is 2. The zero-order valence-electron chi connectivity index (χ0n) is 41.4. The summed E-state index contributed by atoms with van der Waals surface area (Å²) in [6.07, 6.45) is 14.4. The first kappa shape index (κ1) is 45.1. The fraction of sp³-hybridized carbons (Fsp3) is 0.589. The average molecular weight is 961 g/mol. The molecule has 3 saturated carbocycles. The summed E-state index contributed by atoms with van der Waals surface area (Å²) in [6, 6.07) is 18.1. The highest BCUT2D eigenvalue weighted by Gasteiger charge is 2.67. The predicted octanol–water partition coefficient (Wildman–Crippen LogP) is 6.76. The van der Waals surface area contributed by atoms with E-state index in [1.54, 1.807) is 0 Å². The molecule has 71 heavy (non-hydrogen) atoms. The van der Waals surface area contributed by atoms with Crippen molar-refractivity contribution < 1.29 is 24.0 Å². The number of piperidine rings is 5. The van der Waals surface area contributed by atoms with Crippen LogP contribution in [0.5, 0.6) is 0 Å². The third-order valence-corrected chi connectivity index (χ3v) is 18.6. The smallest absolute Gasteiger partial charge is 0.238 e. The SMILES string of the molecule is CC(C)n1cnc2cc(-c3ccc4c(c3)N(C3CC(N5CCCCC5)C3)C(=O)C43CCN(C(=O)[C@]45C[C@H]4CN(C(=O)C4CCN(c6ccc([C@H]7CCC(=O)NC7=O)cc6)CC4)C5)CC3)nc(NC3CC3)c21. The number of pyridine rings is 1. The number of anilines is 3. The summed E-state index contributed by atoms with van der Waals surface area (Å²) in [7, 11) is 0. The number of likely N-dealkylation sites (tertiary alicyclic amines) is 3. The van der Waals surface area contributed by atoms with Gasteiger partial charge >= 0.3 is 0 Å². The first-order chi connectivity index (χ1) is 34.5. The molecule has 5 saturated heterocycles. The molecule has 2 aromatic carbocycles. The van der Waals surface area contributed by atoms with E-state index < -0.39 is 10.8 Å². The molecule has 4 aromatic rings. The minimum absolute atomic E-state index is 0.0696. The van der Waals surface area contributed by atoms with Crippen molar-refractivity contribution in [1.29, 1.82) is 0 Å². The molecule has 2 aromatic heterocycles. The van der Waals surface area contributed by atoms with Crippen molar-refractivity contribution >= 4 is 57.8 Å². The molecule has 372 valence electrons. The first-order valence-corrected chi connectivity index (χ1v) is 27.1. The molecule has 0 radical (unpaired) electrons. The van der Waals surface area contributed by atoms with E-state index in [0.29, 0.717) is 63.9 Å². The van der Waals surface area contributed by atoms with E-state index in [4.69, 9.17) is 9.97 Å². The van der Waals surface area contributed by atoms with Crippen LogP contribution in [0.3, 0.4) is 0 Å². The van der Waals surface area contributed by atoms with Crippen LogP contribution in [0.15, 0.2) is 54.9 Å². The van der Waals surface area contributed by atoms with Crippen molar-refractivity contribution in [3.05, 3.63) is 66.0 Å². The Kier molecular flexibility index (Phi) is 10.9. The van der Waals surface area contributed by atoms with E-state index in [0.717, 1.165) is 122 Å². The normalized spacial score (nSPS) is 28.6. The second kappa shape index (κ2) is 17.2. The van der Waals surface area contributed by atoms with Gasteiger partial charge in [-0.2, -0.15) is 0 Å². The maximum atomic E-state index is 15.3. The van der Waals surface area contributed by atoms with Gasteiger partial charge in [0, 0.05) is 92.7 Å². The number of amides is 5. The Bertz CT molecular complexity index is 2810. The molecule has 3 aliphatic carbocycles. The molecule has 8 heterocycles. The zero-order valence-corrected chi connectivity index (χ0v) is 41.4. The molecular formula is C56H68N10O5. The van der Waals surface area contributed by atoms with Crippen LogP contribution < -0.4 is 20.4 Å². The number of imide groups is 1. The summed E-state index contributed by atoms with van der Waals surface area (Å²) < 4.78 is 2.20. The first-order valence-electron chi connectivity index (χ1n) is 27.1. The van der Waals surface area contributed by atoms with E-state index in [9.17, 15) is 19.2 Å². The maximum absolute atomic E-state index is 15.3. The lowest BCUT2D eigenvalue weighted by atomic mass is 9.73. The van der Waals surface area contributed by atoms with Crippen LogP contribution in [0.1, 0.15) is 127 Å². The molecular weight excluding hydrogens is 893 g/mol. The summed E-state index contributed by atoms with van der Waals surface area (Å²) in [5, 5.41) is 6.17. The molecule has 1 spiro atoms. The molecule has 6 aliphatic heterocycles. The minimum atomic E-state index is -0.685. The molecule has 5 amide bonds. The number of fused-ring (bicyclic) bond motifs is 4. The van der Waals surface area contributed by atoms with E-state index in [-0.39, 0.29) is 59.4 Å². The Hall–Kier alpha value is -5.83. The number of imidazole rings is 1. The van der Waals surface area contributed by atoms with Gasteiger partial charge in [-0.3, -0.25) is 29.3 Å². The summed E-state index contributed by atoms with van der Waals surface area (Å²) in [6.45, 7) is 10.4. The van der Waals surface area contributed by atoms with Crippen LogP contribution in [0, 0.1) is 17.3 Å². The quantitative estimate of drug-likeness (QED) is 0.163. The molecule has 13 rings (SSSR count). The van der Waals surface area contributed by atoms with Crippen molar-refractivity contribution in [2.75, 3.05) is 67.5 Å². The number of hydrogen-bond donors (Lipinski definition) is 2. The Morgan fingerprint density at radius 1 is 0.831 bits per heavy atom. The Labute approximate surface area is 416 Å². The van der Waals surface area contributed by atoms with Gasteiger partial charge in [0.15, 0.2) is 5.82 Å². The number of carbonyl (C=O) groups excluding carboxylic acids is 5. The van der Waals surface area contributed by atoms with Crippen molar-refractivity contribution in [3.8, 4) is 11.3 Å². The third-order valence-electron chi connectivity index (χ3n) is 18.6. The van der Waals surface area contributed by atoms with Crippen molar-refractivity contribution in [2.45, 2.75) is 139 Å². The maximum Gasteiger partial charge on any atom is 0.238 e. The van der Waals surface area contributed by atoms with Crippen LogP contribution in [0.4, 0.5) is 17.2 Å². The Morgan fingerprint density at radius 2 is 1.59 bits per heavy atom. The lowest BCUT2D eigenvalue weighted by molar-refractivity contribution is -0.142. The number of nitrogens with one attached hydrogen (secondary N) is 2. The molecule has 3 atom stereocenters. The highest BCUT2D eigenvalue weighted by atomic mass is 16.2. The topological polar surface area (TPSA) is 156 Å². The van der Waals surface area contributed by atoms with Gasteiger partial charge in [0.05, 0.1) is 34.3 Å². The molecule has 15 heteroatoms. The lowest BCUT2D eigenvalue weighted by Gasteiger charge is -2.48. The average Bonchev–Trinajstić information content (AvgIpc) is 4.22. The Balaban J connectivity index is 0.689. The van der Waals surface area contributed by atoms with Crippen molar-refractivity contribution in [2.24, 2.45) is 17.3 Å². The molecule has 0 unspecified atom stereocenters. The van der Waals surface area contributed by atoms with Gasteiger partial charge in [0.25, 0.3) is 0 Å². The van der Waals surface area contributed by atoms with Crippen molar-refractivity contribution in [3.63, 3.8) is 0 Å². The fourth-order valence-electron chi connectivity index (χ4n) is 14.0. The molecule has 9 aliphatic rings. The molecule has 2 N–H and O–H groups in total. The number of carbonyl (C=O) groups is 5. The van der Waals surface area contributed by atoms with Gasteiger partial charge < -0.3 is 34.4 Å². The minimum Gasteiger partial charge on any atom is -0.371 e. The zero-order chi connectivity index (χ0) is 48.3. The number of aromatic nitrogens is 3. The standard InChI is InChI=1S/C56H68N10O5/c1-34(2)65-33-57-46-29-45(59-50(49(46)65)58-39-9-10-39)37-8-14-44-47(26-37)66(42-27-41(28-42)61-20-4-3-5-21-61)54(71)55(44)18-24-63(25-19-55)53(70)56-30-38(56)31-64(32-56)52(69)36-16-22-62(23-17-36)40-11-6-35(7-12-40)43-13-15-48(67)60-51(43)68/h6-8,11-12,14,26,29,33-34,36,38-39,41-43H,3-5,9-10,13,15-25,27-28,30-32H2,1-2H3,(H,58,59)(H,60,67,68)/t38-,41?,42?,43+,56-/m0/s1. The second-order valence-corrected chi connectivity index (χ2v) is 23.2. The summed E-state index contributed by atoms with van der Waals surface area (Å²) in [5.41, 5.74) is 6.70. The van der Waals surface area contributed by atoms with Gasteiger partial charge in [0.1, 0.15) is 5.52 Å². The molecule has 0 bridgehead atoms. The van der Waals surface area contributed by atoms with Crippen LogP contribution in [-0.2, 0) is 29.4 Å². The van der Waals surface area contributed by atoms with Crippen LogP contribution in [0.2, 0.25) is 0 Å². The van der Waals surface area contributed by atoms with Crippen LogP contribution in [-0.4, -0.2) is 129 Å². The summed E-state index contributed by atoms with van der Waals surface area (Å²) in [5.74, 6) is 0.796. The van der Waals surface area contributed by atoms with Crippen LogP contribution in [0.25, 0.3) is 22.3 Å². The van der Waals surface area contributed by atoms with E-state index >= 15 is 4.79 Å². The van der Waals surface area contributed by atoms with E-state index in [1.165, 1.54) is 19.3 Å². The number of hydrogen-bond acceptors (Lipinski definition) is 10. The second-order valence-electron chi connectivity index (χ2n) is 23.2. The van der Waals surface area contributed by atoms with E-state index in [1.807, 2.05) is 40.4 Å². The third kappa shape index (κ3) is 7.64. The van der Waals surface area contributed by atoms with Gasteiger partial charge in [-0.25, -0.2) is 9.97 Å². The highest BCUT2D eigenvalue weighted by Crippen LogP contribution is 2.60. The van der Waals surface area contributed by atoms with Gasteiger partial charge in [-0.1, -0.05) is 30.7 Å². The van der Waals surface area contributed by atoms with Gasteiger partial charge in [-0.05, 0) is 145 Å². The predicted molar refractivity (Wildman–Crippen MR) is 271 cm³/mol. The van der Waals surface area contributed by atoms with E-state index in [2.05, 4.69) is 68.0 Å². The van der Waals surface area contributed by atoms with Gasteiger partial charge in [-0.15, -0.1) is 0 Å². The fourth-order valence-corrected chi connectivity index (χ4v) is 14.0. The monoisotopic (exact) mass is 961 g/mol. The lowest BCUT2D eigenvalue weighted by Crippen LogP contribution is -2.58. The molecule has 8 fully saturated rings. The summed E-state index contributed by atoms with van der Waals surface area (Å²) in [4.78, 5) is 89.4. The Morgan fingerprint density at radius 3 is 2.31 bits per heavy atom.